The second-order valence-electron chi connectivity index (χ2n) is 19.1. The molecule has 1 aliphatic carbocycles. The van der Waals surface area contributed by atoms with E-state index >= 15 is 0 Å². The Kier molecular flexibility index (Phi) is 41.8. The Hall–Kier alpha value is -2.19. The van der Waals surface area contributed by atoms with E-state index in [1.165, 1.54) is 116 Å². The molecule has 6 unspecified atom stereocenters. The Bertz CT molecular complexity index is 1390. The van der Waals surface area contributed by atoms with Crippen LogP contribution in [0.1, 0.15) is 232 Å². The predicted molar refractivity (Wildman–Crippen MR) is 276 cm³/mol. The number of esters is 2. The van der Waals surface area contributed by atoms with Crippen LogP contribution in [0.15, 0.2) is 48.6 Å². The fourth-order valence-corrected chi connectivity index (χ4v) is 9.20. The third-order valence-corrected chi connectivity index (χ3v) is 13.6. The van der Waals surface area contributed by atoms with E-state index in [0.29, 0.717) is 12.8 Å². The van der Waals surface area contributed by atoms with Crippen LogP contribution in [0.5, 0.6) is 0 Å². The summed E-state index contributed by atoms with van der Waals surface area (Å²) >= 11 is 0. The number of carbonyl (C=O) groups excluding carboxylic acids is 2. The molecule has 0 bridgehead atoms. The van der Waals surface area contributed by atoms with Crippen molar-refractivity contribution in [1.82, 2.24) is 0 Å². The zero-order valence-electron chi connectivity index (χ0n) is 43.1. The van der Waals surface area contributed by atoms with Gasteiger partial charge >= 0.3 is 19.8 Å². The second-order valence-corrected chi connectivity index (χ2v) is 20.5. The lowest BCUT2D eigenvalue weighted by Crippen LogP contribution is -2.64. The van der Waals surface area contributed by atoms with Crippen molar-refractivity contribution < 1.29 is 63.1 Å². The molecule has 69 heavy (non-hydrogen) atoms. The summed E-state index contributed by atoms with van der Waals surface area (Å²) in [7, 11) is -5.13. The first-order valence-corrected chi connectivity index (χ1v) is 28.9. The highest BCUT2D eigenvalue weighted by Crippen LogP contribution is 2.47. The largest absolute Gasteiger partial charge is 0.472 e. The van der Waals surface area contributed by atoms with Gasteiger partial charge < -0.3 is 39.9 Å². The molecule has 13 nitrogen and oxygen atoms in total. The molecule has 6 N–H and O–H groups in total. The number of allylic oxidation sites excluding steroid dienone is 8. The van der Waals surface area contributed by atoms with E-state index in [1.807, 2.05) is 0 Å². The SMILES string of the molecule is CCCCC/C=C\C/C=C\CCCCCCCCCCCC(=O)OCC(COP(=O)(O)OC1C(O)C(O)C(O)C(O)C1O)OC(=O)CCCCCCCCCCC/C=C\C/C=C\CCCCCCC. The average molecular weight is 999 g/mol. The zero-order chi connectivity index (χ0) is 50.6. The van der Waals surface area contributed by atoms with Crippen LogP contribution in [0.25, 0.3) is 0 Å². The summed E-state index contributed by atoms with van der Waals surface area (Å²) in [5, 5.41) is 50.3. The smallest absolute Gasteiger partial charge is 0.462 e. The topological polar surface area (TPSA) is 210 Å². The molecule has 0 spiro atoms. The van der Waals surface area contributed by atoms with E-state index in [2.05, 4.69) is 62.5 Å². The lowest BCUT2D eigenvalue weighted by molar-refractivity contribution is -0.220. The first kappa shape index (κ1) is 64.8. The lowest BCUT2D eigenvalue weighted by atomic mass is 9.85. The van der Waals surface area contributed by atoms with Crippen LogP contribution < -0.4 is 0 Å². The molecule has 1 aliphatic rings. The van der Waals surface area contributed by atoms with Gasteiger partial charge in [0.05, 0.1) is 6.61 Å². The van der Waals surface area contributed by atoms with E-state index in [4.69, 9.17) is 18.5 Å². The fourth-order valence-electron chi connectivity index (χ4n) is 8.23. The number of aliphatic hydroxyl groups is 5. The van der Waals surface area contributed by atoms with Gasteiger partial charge in [0, 0.05) is 12.8 Å². The van der Waals surface area contributed by atoms with Gasteiger partial charge in [-0.15, -0.1) is 0 Å². The summed E-state index contributed by atoms with van der Waals surface area (Å²) in [6.07, 6.45) is 41.4. The maximum absolute atomic E-state index is 12.9. The first-order chi connectivity index (χ1) is 33.4. The number of hydrogen-bond donors (Lipinski definition) is 6. The monoisotopic (exact) mass is 999 g/mol. The Morgan fingerprint density at radius 2 is 0.783 bits per heavy atom. The summed E-state index contributed by atoms with van der Waals surface area (Å²) in [6, 6.07) is 0. The van der Waals surface area contributed by atoms with E-state index in [-0.39, 0.29) is 12.8 Å². The van der Waals surface area contributed by atoms with E-state index in [9.17, 15) is 44.6 Å². The van der Waals surface area contributed by atoms with Gasteiger partial charge in [0.25, 0.3) is 0 Å². The Balaban J connectivity index is 2.37. The quantitative estimate of drug-likeness (QED) is 0.0145. The molecule has 0 aromatic heterocycles. The standard InChI is InChI=1S/C55H99O13P/c1-3-5-7-9-11-13-15-17-19-21-23-24-26-28-30-32-34-36-38-40-42-44-49(57)67-47(46-66-69(63,64)68-55-53(61)51(59)50(58)52(60)54(55)62)45-65-48(56)43-41-39-37-35-33-31-29-27-25-22-20-18-16-14-12-10-8-6-4-2/h12,14-15,17-18,20-21,23,47,50-55,58-62H,3-11,13,16,19,22,24-46H2,1-2H3,(H,63,64)/b14-12-,17-15-,20-18-,23-21-. The number of rotatable bonds is 46. The number of phosphoric acid groups is 1. The molecule has 1 saturated carbocycles. The van der Waals surface area contributed by atoms with Crippen molar-refractivity contribution in [2.45, 2.75) is 275 Å². The van der Waals surface area contributed by atoms with Crippen LogP contribution in [0.3, 0.4) is 0 Å². The highest BCUT2D eigenvalue weighted by molar-refractivity contribution is 7.47. The zero-order valence-corrected chi connectivity index (χ0v) is 44.0. The van der Waals surface area contributed by atoms with Crippen LogP contribution in [0.2, 0.25) is 0 Å². The molecule has 0 aliphatic heterocycles. The van der Waals surface area contributed by atoms with Crippen molar-refractivity contribution in [3.8, 4) is 0 Å². The number of carbonyl (C=O) groups is 2. The van der Waals surface area contributed by atoms with Crippen molar-refractivity contribution in [2.24, 2.45) is 0 Å². The second kappa shape index (κ2) is 44.5. The maximum Gasteiger partial charge on any atom is 0.472 e. The molecule has 14 heteroatoms. The molecular weight excluding hydrogens is 900 g/mol. The van der Waals surface area contributed by atoms with Gasteiger partial charge in [0.2, 0.25) is 0 Å². The maximum atomic E-state index is 12.9. The van der Waals surface area contributed by atoms with Crippen molar-refractivity contribution in [2.75, 3.05) is 13.2 Å². The summed E-state index contributed by atoms with van der Waals surface area (Å²) in [6.45, 7) is 3.29. The molecule has 0 saturated heterocycles. The minimum absolute atomic E-state index is 0.0906. The van der Waals surface area contributed by atoms with Crippen LogP contribution >= 0.6 is 7.82 Å². The van der Waals surface area contributed by atoms with Crippen LogP contribution in [0.4, 0.5) is 0 Å². The minimum atomic E-state index is -5.13. The van der Waals surface area contributed by atoms with E-state index in [1.54, 1.807) is 0 Å². The molecule has 1 fully saturated rings. The number of phosphoric ester groups is 1. The van der Waals surface area contributed by atoms with E-state index in [0.717, 1.165) is 77.0 Å². The molecule has 0 amide bonds. The first-order valence-electron chi connectivity index (χ1n) is 27.4. The predicted octanol–water partition coefficient (Wildman–Crippen LogP) is 12.3. The third-order valence-electron chi connectivity index (χ3n) is 12.6. The van der Waals surface area contributed by atoms with E-state index < -0.39 is 75.7 Å². The summed E-state index contributed by atoms with van der Waals surface area (Å²) in [5.74, 6) is -1.10. The fraction of sp³-hybridized carbons (Fsp3) is 0.818. The normalized spacial score (nSPS) is 21.2. The Morgan fingerprint density at radius 3 is 1.20 bits per heavy atom. The number of ether oxygens (including phenoxy) is 2. The Labute approximate surface area is 418 Å². The van der Waals surface area contributed by atoms with Crippen molar-refractivity contribution in [3.63, 3.8) is 0 Å². The van der Waals surface area contributed by atoms with Crippen molar-refractivity contribution >= 4 is 19.8 Å². The number of hydrogen-bond acceptors (Lipinski definition) is 12. The molecule has 402 valence electrons. The van der Waals surface area contributed by atoms with Crippen LogP contribution in [-0.4, -0.2) is 98.3 Å². The molecule has 6 atom stereocenters. The summed E-state index contributed by atoms with van der Waals surface area (Å²) in [4.78, 5) is 35.9. The third kappa shape index (κ3) is 36.4. The molecule has 0 heterocycles. The highest BCUT2D eigenvalue weighted by Gasteiger charge is 2.51. The average Bonchev–Trinajstić information content (AvgIpc) is 3.33. The lowest BCUT2D eigenvalue weighted by Gasteiger charge is -2.41. The minimum Gasteiger partial charge on any atom is -0.462 e. The molecule has 1 rings (SSSR count). The molecule has 0 aromatic rings. The Morgan fingerprint density at radius 1 is 0.449 bits per heavy atom. The summed E-state index contributed by atoms with van der Waals surface area (Å²) < 4.78 is 33.7. The number of aliphatic hydroxyl groups excluding tert-OH is 5. The van der Waals surface area contributed by atoms with Gasteiger partial charge in [-0.05, 0) is 77.0 Å². The highest BCUT2D eigenvalue weighted by atomic mass is 31.2. The van der Waals surface area contributed by atoms with Gasteiger partial charge in [0.1, 0.15) is 43.2 Å². The number of unbranched alkanes of at least 4 members (excludes halogenated alkanes) is 26. The van der Waals surface area contributed by atoms with Gasteiger partial charge in [-0.3, -0.25) is 18.6 Å². The van der Waals surface area contributed by atoms with Gasteiger partial charge in [-0.25, -0.2) is 4.57 Å². The molecule has 0 radical (unpaired) electrons. The van der Waals surface area contributed by atoms with Gasteiger partial charge in [0.15, 0.2) is 6.10 Å². The summed E-state index contributed by atoms with van der Waals surface area (Å²) in [5.41, 5.74) is 0. The van der Waals surface area contributed by atoms with Gasteiger partial charge in [-0.2, -0.15) is 0 Å². The molecular formula is C55H99O13P. The van der Waals surface area contributed by atoms with Gasteiger partial charge in [-0.1, -0.05) is 191 Å². The van der Waals surface area contributed by atoms with Crippen molar-refractivity contribution in [3.05, 3.63) is 48.6 Å². The van der Waals surface area contributed by atoms with Crippen LogP contribution in [0, 0.1) is 0 Å². The van der Waals surface area contributed by atoms with Crippen LogP contribution in [-0.2, 0) is 32.7 Å². The van der Waals surface area contributed by atoms with Crippen molar-refractivity contribution in [1.29, 1.82) is 0 Å². The molecule has 0 aromatic carbocycles.